The molecule has 0 radical (unpaired) electrons. The maximum atomic E-state index is 11.9. The highest BCUT2D eigenvalue weighted by atomic mass is 16.5. The Balaban J connectivity index is 1.66. The van der Waals surface area contributed by atoms with Gasteiger partial charge in [-0.3, -0.25) is 4.79 Å². The maximum Gasteiger partial charge on any atom is 0.338 e. The molecule has 0 aliphatic carbocycles. The van der Waals surface area contributed by atoms with Crippen LogP contribution in [-0.4, -0.2) is 35.5 Å². The van der Waals surface area contributed by atoms with Gasteiger partial charge in [0.1, 0.15) is 6.61 Å². The molecule has 0 bridgehead atoms. The number of amides is 1. The number of ether oxygens (including phenoxy) is 1. The van der Waals surface area contributed by atoms with E-state index in [1.54, 1.807) is 12.1 Å². The third-order valence-electron chi connectivity index (χ3n) is 4.18. The molecule has 2 saturated heterocycles. The van der Waals surface area contributed by atoms with Crippen LogP contribution in [-0.2, 0) is 9.53 Å². The van der Waals surface area contributed by atoms with Crippen molar-refractivity contribution in [3.63, 3.8) is 0 Å². The summed E-state index contributed by atoms with van der Waals surface area (Å²) in [4.78, 5) is 25.6. The van der Waals surface area contributed by atoms with E-state index in [4.69, 9.17) is 4.74 Å². The first kappa shape index (κ1) is 12.2. The Morgan fingerprint density at radius 1 is 1.26 bits per heavy atom. The molecular formula is C15H17NO3. The second-order valence-electron chi connectivity index (χ2n) is 5.32. The van der Waals surface area contributed by atoms with Crippen LogP contribution in [0.3, 0.4) is 0 Å². The molecule has 4 nitrogen and oxygen atoms in total. The maximum absolute atomic E-state index is 11.9. The summed E-state index contributed by atoms with van der Waals surface area (Å²) in [7, 11) is 0. The van der Waals surface area contributed by atoms with E-state index in [-0.39, 0.29) is 17.4 Å². The molecular weight excluding hydrogens is 242 g/mol. The number of rotatable bonds is 3. The predicted molar refractivity (Wildman–Crippen MR) is 69.6 cm³/mol. The van der Waals surface area contributed by atoms with Gasteiger partial charge in [0.25, 0.3) is 0 Å². The minimum atomic E-state index is -0.304. The van der Waals surface area contributed by atoms with Crippen molar-refractivity contribution in [2.75, 3.05) is 13.2 Å². The molecule has 0 aromatic heterocycles. The van der Waals surface area contributed by atoms with Gasteiger partial charge in [0.15, 0.2) is 0 Å². The number of benzene rings is 1. The van der Waals surface area contributed by atoms with Gasteiger partial charge >= 0.3 is 5.97 Å². The van der Waals surface area contributed by atoms with Crippen molar-refractivity contribution in [3.8, 4) is 0 Å². The van der Waals surface area contributed by atoms with Crippen LogP contribution in [0.2, 0.25) is 0 Å². The number of carbonyl (C=O) groups is 2. The molecule has 0 saturated carbocycles. The van der Waals surface area contributed by atoms with Crippen LogP contribution in [0.4, 0.5) is 0 Å². The molecule has 1 aromatic rings. The lowest BCUT2D eigenvalue weighted by Gasteiger charge is -2.31. The summed E-state index contributed by atoms with van der Waals surface area (Å²) in [6, 6.07) is 8.98. The van der Waals surface area contributed by atoms with Crippen molar-refractivity contribution < 1.29 is 14.3 Å². The number of hydrogen-bond donors (Lipinski definition) is 0. The topological polar surface area (TPSA) is 46.6 Å². The first-order chi connectivity index (χ1) is 9.21. The van der Waals surface area contributed by atoms with E-state index < -0.39 is 0 Å². The van der Waals surface area contributed by atoms with Crippen molar-refractivity contribution >= 4 is 11.9 Å². The average molecular weight is 259 g/mol. The smallest absolute Gasteiger partial charge is 0.338 e. The molecule has 1 atom stereocenters. The highest BCUT2D eigenvalue weighted by molar-refractivity contribution is 5.89. The van der Waals surface area contributed by atoms with Crippen LogP contribution >= 0.6 is 0 Å². The Morgan fingerprint density at radius 2 is 2.05 bits per heavy atom. The average Bonchev–Trinajstić information content (AvgIpc) is 2.99. The minimum absolute atomic E-state index is 0.202. The van der Waals surface area contributed by atoms with Crippen LogP contribution in [0.15, 0.2) is 30.3 Å². The lowest BCUT2D eigenvalue weighted by Crippen LogP contribution is -2.44. The van der Waals surface area contributed by atoms with E-state index in [0.717, 1.165) is 25.8 Å². The van der Waals surface area contributed by atoms with Crippen LogP contribution in [0.1, 0.15) is 36.0 Å². The molecule has 2 aliphatic heterocycles. The standard InChI is InChI=1S/C15H17NO3/c17-13-7-9-15(8-4-10-16(13)15)11-19-14(18)12-5-2-1-3-6-12/h1-3,5-6H,4,7-11H2/t15-/m1/s1. The van der Waals surface area contributed by atoms with Crippen molar-refractivity contribution in [1.29, 1.82) is 0 Å². The van der Waals surface area contributed by atoms with Gasteiger partial charge in [-0.1, -0.05) is 18.2 Å². The van der Waals surface area contributed by atoms with Crippen LogP contribution in [0, 0.1) is 0 Å². The zero-order valence-corrected chi connectivity index (χ0v) is 10.8. The quantitative estimate of drug-likeness (QED) is 0.780. The summed E-state index contributed by atoms with van der Waals surface area (Å²) in [5, 5.41) is 0. The van der Waals surface area contributed by atoms with E-state index in [1.807, 2.05) is 23.1 Å². The summed E-state index contributed by atoms with van der Waals surface area (Å²) < 4.78 is 5.43. The summed E-state index contributed by atoms with van der Waals surface area (Å²) in [6.45, 7) is 1.13. The Bertz CT molecular complexity index is 499. The first-order valence-corrected chi connectivity index (χ1v) is 6.74. The van der Waals surface area contributed by atoms with E-state index >= 15 is 0 Å². The first-order valence-electron chi connectivity index (χ1n) is 6.74. The van der Waals surface area contributed by atoms with Gasteiger partial charge in [0.2, 0.25) is 5.91 Å². The van der Waals surface area contributed by atoms with E-state index in [1.165, 1.54) is 0 Å². The fourth-order valence-corrected chi connectivity index (χ4v) is 3.14. The monoisotopic (exact) mass is 259 g/mol. The van der Waals surface area contributed by atoms with E-state index in [0.29, 0.717) is 18.6 Å². The van der Waals surface area contributed by atoms with Gasteiger partial charge in [-0.05, 0) is 31.4 Å². The number of esters is 1. The SMILES string of the molecule is O=C(OC[C@]12CCCN1C(=O)CC2)c1ccccc1. The summed E-state index contributed by atoms with van der Waals surface area (Å²) in [5.41, 5.74) is 0.342. The van der Waals surface area contributed by atoms with E-state index in [9.17, 15) is 9.59 Å². The number of carbonyl (C=O) groups excluding carboxylic acids is 2. The third kappa shape index (κ3) is 2.11. The van der Waals surface area contributed by atoms with Gasteiger partial charge in [0, 0.05) is 13.0 Å². The Hall–Kier alpha value is -1.84. The van der Waals surface area contributed by atoms with Crippen molar-refractivity contribution in [2.45, 2.75) is 31.2 Å². The van der Waals surface area contributed by atoms with Gasteiger partial charge in [0.05, 0.1) is 11.1 Å². The molecule has 2 heterocycles. The largest absolute Gasteiger partial charge is 0.460 e. The second kappa shape index (κ2) is 4.68. The normalized spacial score (nSPS) is 25.5. The van der Waals surface area contributed by atoms with Crippen LogP contribution in [0.25, 0.3) is 0 Å². The molecule has 100 valence electrons. The van der Waals surface area contributed by atoms with Crippen molar-refractivity contribution in [3.05, 3.63) is 35.9 Å². The highest BCUT2D eigenvalue weighted by Crippen LogP contribution is 2.39. The second-order valence-corrected chi connectivity index (χ2v) is 5.32. The summed E-state index contributed by atoms with van der Waals surface area (Å²) in [5.74, 6) is -0.102. The zero-order chi connectivity index (χ0) is 13.3. The molecule has 1 amide bonds. The number of fused-ring (bicyclic) bond motifs is 1. The molecule has 19 heavy (non-hydrogen) atoms. The summed E-state index contributed by atoms with van der Waals surface area (Å²) in [6.07, 6.45) is 3.35. The zero-order valence-electron chi connectivity index (χ0n) is 10.8. The Morgan fingerprint density at radius 3 is 2.84 bits per heavy atom. The molecule has 0 spiro atoms. The predicted octanol–water partition coefficient (Wildman–Crippen LogP) is 2.00. The number of nitrogens with zero attached hydrogens (tertiary/aromatic N) is 1. The lowest BCUT2D eigenvalue weighted by atomic mass is 9.95. The molecule has 4 heteroatoms. The Labute approximate surface area is 112 Å². The summed E-state index contributed by atoms with van der Waals surface area (Å²) >= 11 is 0. The minimum Gasteiger partial charge on any atom is -0.460 e. The molecule has 0 unspecified atom stereocenters. The Kier molecular flexibility index (Phi) is 3.01. The van der Waals surface area contributed by atoms with Crippen LogP contribution < -0.4 is 0 Å². The van der Waals surface area contributed by atoms with Crippen LogP contribution in [0.5, 0.6) is 0 Å². The molecule has 1 aromatic carbocycles. The fraction of sp³-hybridized carbons (Fsp3) is 0.467. The lowest BCUT2D eigenvalue weighted by molar-refractivity contribution is -0.130. The van der Waals surface area contributed by atoms with Gasteiger partial charge in [-0.25, -0.2) is 4.79 Å². The number of hydrogen-bond acceptors (Lipinski definition) is 3. The van der Waals surface area contributed by atoms with Gasteiger partial charge in [-0.2, -0.15) is 0 Å². The molecule has 0 N–H and O–H groups in total. The molecule has 3 rings (SSSR count). The fourth-order valence-electron chi connectivity index (χ4n) is 3.14. The van der Waals surface area contributed by atoms with Gasteiger partial charge < -0.3 is 9.64 Å². The third-order valence-corrected chi connectivity index (χ3v) is 4.18. The highest BCUT2D eigenvalue weighted by Gasteiger charge is 2.49. The molecule has 2 aliphatic rings. The van der Waals surface area contributed by atoms with Crippen molar-refractivity contribution in [1.82, 2.24) is 4.90 Å². The molecule has 2 fully saturated rings. The van der Waals surface area contributed by atoms with Gasteiger partial charge in [-0.15, -0.1) is 0 Å². The van der Waals surface area contributed by atoms with Crippen molar-refractivity contribution in [2.24, 2.45) is 0 Å². The van der Waals surface area contributed by atoms with E-state index in [2.05, 4.69) is 0 Å².